The number of nitrogens with one attached hydrogen (secondary N) is 1. The summed E-state index contributed by atoms with van der Waals surface area (Å²) in [6.07, 6.45) is 5.51. The van der Waals surface area contributed by atoms with E-state index in [9.17, 15) is 4.79 Å². The van der Waals surface area contributed by atoms with Gasteiger partial charge in [0.1, 0.15) is 5.41 Å². The number of anilines is 1. The van der Waals surface area contributed by atoms with Crippen LogP contribution in [0.2, 0.25) is 10.0 Å². The lowest BCUT2D eigenvalue weighted by Crippen LogP contribution is -2.52. The summed E-state index contributed by atoms with van der Waals surface area (Å²) in [6, 6.07) is 8.53. The first kappa shape index (κ1) is 24.2. The SMILES string of the molecule is C[C@@H]1CN(CC[C@H]2CC[C@H](NC(=O)C(C)(C)C#N)CC2)CCN1c1cccc(Cl)c1Cl. The zero-order valence-corrected chi connectivity index (χ0v) is 20.3. The Labute approximate surface area is 196 Å². The van der Waals surface area contributed by atoms with Crippen molar-refractivity contribution >= 4 is 34.8 Å². The maximum atomic E-state index is 12.2. The van der Waals surface area contributed by atoms with Gasteiger partial charge in [-0.15, -0.1) is 0 Å². The number of rotatable bonds is 6. The van der Waals surface area contributed by atoms with E-state index >= 15 is 0 Å². The van der Waals surface area contributed by atoms with E-state index in [1.807, 2.05) is 12.1 Å². The Morgan fingerprint density at radius 2 is 1.94 bits per heavy atom. The van der Waals surface area contributed by atoms with Crippen LogP contribution in [0.1, 0.15) is 52.9 Å². The third-order valence-corrected chi connectivity index (χ3v) is 7.64. The van der Waals surface area contributed by atoms with Crippen LogP contribution in [-0.2, 0) is 4.79 Å². The van der Waals surface area contributed by atoms with Gasteiger partial charge in [0.25, 0.3) is 0 Å². The van der Waals surface area contributed by atoms with Gasteiger partial charge in [0.15, 0.2) is 0 Å². The van der Waals surface area contributed by atoms with E-state index in [-0.39, 0.29) is 11.9 Å². The van der Waals surface area contributed by atoms with Gasteiger partial charge in [-0.25, -0.2) is 0 Å². The Kier molecular flexibility index (Phi) is 8.13. The van der Waals surface area contributed by atoms with Crippen LogP contribution >= 0.6 is 23.2 Å². The molecule has 3 rings (SSSR count). The maximum Gasteiger partial charge on any atom is 0.240 e. The van der Waals surface area contributed by atoms with E-state index < -0.39 is 5.41 Å². The first-order chi connectivity index (χ1) is 14.7. The van der Waals surface area contributed by atoms with Gasteiger partial charge in [0, 0.05) is 31.7 Å². The van der Waals surface area contributed by atoms with Crippen LogP contribution in [0.25, 0.3) is 0 Å². The maximum absolute atomic E-state index is 12.2. The minimum atomic E-state index is -0.953. The highest BCUT2D eigenvalue weighted by Gasteiger charge is 2.31. The molecule has 0 bridgehead atoms. The topological polar surface area (TPSA) is 59.4 Å². The average Bonchev–Trinajstić information content (AvgIpc) is 2.75. The van der Waals surface area contributed by atoms with Gasteiger partial charge in [-0.3, -0.25) is 9.69 Å². The number of nitrogens with zero attached hydrogens (tertiary/aromatic N) is 3. The molecule has 5 nitrogen and oxygen atoms in total. The molecule has 1 aromatic rings. The number of hydrogen-bond acceptors (Lipinski definition) is 4. The number of piperazine rings is 1. The molecule has 2 fully saturated rings. The summed E-state index contributed by atoms with van der Waals surface area (Å²) in [6.45, 7) is 9.72. The van der Waals surface area contributed by atoms with Crippen LogP contribution in [0.15, 0.2) is 18.2 Å². The van der Waals surface area contributed by atoms with Crippen molar-refractivity contribution in [2.45, 2.75) is 65.0 Å². The molecule has 1 N–H and O–H groups in total. The van der Waals surface area contributed by atoms with Gasteiger partial charge < -0.3 is 10.2 Å². The van der Waals surface area contributed by atoms with Crippen molar-refractivity contribution in [1.82, 2.24) is 10.2 Å². The number of hydrogen-bond donors (Lipinski definition) is 1. The summed E-state index contributed by atoms with van der Waals surface area (Å²) in [5, 5.41) is 13.5. The predicted octanol–water partition coefficient (Wildman–Crippen LogP) is 5.12. The molecule has 0 unspecified atom stereocenters. The molecule has 1 heterocycles. The van der Waals surface area contributed by atoms with Crippen LogP contribution in [0.3, 0.4) is 0 Å². The van der Waals surface area contributed by atoms with Gasteiger partial charge >= 0.3 is 0 Å². The number of benzene rings is 1. The minimum Gasteiger partial charge on any atom is -0.365 e. The summed E-state index contributed by atoms with van der Waals surface area (Å²) in [5.74, 6) is 0.568. The lowest BCUT2D eigenvalue weighted by atomic mass is 9.83. The average molecular weight is 465 g/mol. The predicted molar refractivity (Wildman–Crippen MR) is 128 cm³/mol. The molecule has 1 saturated heterocycles. The van der Waals surface area contributed by atoms with E-state index in [2.05, 4.69) is 34.2 Å². The van der Waals surface area contributed by atoms with E-state index in [0.29, 0.717) is 22.0 Å². The molecule has 7 heteroatoms. The Bertz CT molecular complexity index is 814. The fourth-order valence-electron chi connectivity index (χ4n) is 4.69. The molecule has 1 saturated carbocycles. The van der Waals surface area contributed by atoms with Gasteiger partial charge in [0.2, 0.25) is 5.91 Å². The van der Waals surface area contributed by atoms with Crippen molar-refractivity contribution in [2.24, 2.45) is 11.3 Å². The van der Waals surface area contributed by atoms with E-state index in [0.717, 1.165) is 57.5 Å². The van der Waals surface area contributed by atoms with Crippen molar-refractivity contribution in [1.29, 1.82) is 5.26 Å². The van der Waals surface area contributed by atoms with Gasteiger partial charge in [0.05, 0.1) is 21.8 Å². The summed E-state index contributed by atoms with van der Waals surface area (Å²) in [4.78, 5) is 17.1. The number of carbonyl (C=O) groups excluding carboxylic acids is 1. The van der Waals surface area contributed by atoms with Gasteiger partial charge in [-0.1, -0.05) is 29.3 Å². The molecular formula is C24H34Cl2N4O. The molecule has 170 valence electrons. The number of carbonyl (C=O) groups is 1. The lowest BCUT2D eigenvalue weighted by molar-refractivity contribution is -0.127. The van der Waals surface area contributed by atoms with Gasteiger partial charge in [-0.2, -0.15) is 5.26 Å². The standard InChI is InChI=1S/C24H34Cl2N4O/c1-17-15-29(13-14-30(17)21-6-4-5-20(25)22(21)26)12-11-18-7-9-19(10-8-18)28-23(31)24(2,3)16-27/h4-6,17-19H,7-15H2,1-3H3,(H,28,31)/t17-,18-,19-/m1/s1. The third kappa shape index (κ3) is 6.06. The molecule has 2 aliphatic rings. The van der Waals surface area contributed by atoms with Crippen LogP contribution in [0, 0.1) is 22.7 Å². The quantitative estimate of drug-likeness (QED) is 0.634. The molecular weight excluding hydrogens is 431 g/mol. The molecule has 1 aliphatic carbocycles. The summed E-state index contributed by atoms with van der Waals surface area (Å²) in [7, 11) is 0. The first-order valence-corrected chi connectivity index (χ1v) is 12.1. The normalized spacial score (nSPS) is 25.2. The molecule has 1 amide bonds. The minimum absolute atomic E-state index is 0.148. The second-order valence-corrected chi connectivity index (χ2v) is 10.4. The number of nitriles is 1. The molecule has 1 aromatic carbocycles. The monoisotopic (exact) mass is 464 g/mol. The van der Waals surface area contributed by atoms with Gasteiger partial charge in [-0.05, 0) is 77.5 Å². The largest absolute Gasteiger partial charge is 0.365 e. The first-order valence-electron chi connectivity index (χ1n) is 11.4. The van der Waals surface area contributed by atoms with Crippen molar-refractivity contribution in [2.75, 3.05) is 31.1 Å². The van der Waals surface area contributed by atoms with E-state index in [1.54, 1.807) is 13.8 Å². The van der Waals surface area contributed by atoms with E-state index in [1.165, 1.54) is 6.42 Å². The molecule has 31 heavy (non-hydrogen) atoms. The highest BCUT2D eigenvalue weighted by atomic mass is 35.5. The molecule has 0 spiro atoms. The Morgan fingerprint density at radius 3 is 2.58 bits per heavy atom. The zero-order valence-electron chi connectivity index (χ0n) is 18.8. The number of halogens is 2. The highest BCUT2D eigenvalue weighted by molar-refractivity contribution is 6.43. The van der Waals surface area contributed by atoms with Crippen molar-refractivity contribution < 1.29 is 4.79 Å². The van der Waals surface area contributed by atoms with Crippen molar-refractivity contribution in [3.05, 3.63) is 28.2 Å². The van der Waals surface area contributed by atoms with E-state index in [4.69, 9.17) is 28.5 Å². The van der Waals surface area contributed by atoms with Crippen molar-refractivity contribution in [3.63, 3.8) is 0 Å². The van der Waals surface area contributed by atoms with Crippen LogP contribution < -0.4 is 10.2 Å². The number of amides is 1. The van der Waals surface area contributed by atoms with Crippen LogP contribution in [0.5, 0.6) is 0 Å². The Hall–Kier alpha value is -1.48. The fourth-order valence-corrected chi connectivity index (χ4v) is 5.09. The second-order valence-electron chi connectivity index (χ2n) is 9.63. The summed E-state index contributed by atoms with van der Waals surface area (Å²) < 4.78 is 0. The Morgan fingerprint density at radius 1 is 1.23 bits per heavy atom. The summed E-state index contributed by atoms with van der Waals surface area (Å²) in [5.41, 5.74) is 0.0756. The molecule has 1 aliphatic heterocycles. The zero-order chi connectivity index (χ0) is 22.6. The fraction of sp³-hybridized carbons (Fsp3) is 0.667. The Balaban J connectivity index is 1.41. The molecule has 0 aromatic heterocycles. The molecule has 0 radical (unpaired) electrons. The molecule has 1 atom stereocenters. The smallest absolute Gasteiger partial charge is 0.240 e. The lowest BCUT2D eigenvalue weighted by Gasteiger charge is -2.42. The highest BCUT2D eigenvalue weighted by Crippen LogP contribution is 2.34. The van der Waals surface area contributed by atoms with Crippen molar-refractivity contribution in [3.8, 4) is 6.07 Å². The van der Waals surface area contributed by atoms with Crippen LogP contribution in [-0.4, -0.2) is 49.1 Å². The summed E-state index contributed by atoms with van der Waals surface area (Å²) >= 11 is 12.6. The third-order valence-electron chi connectivity index (χ3n) is 6.83. The van der Waals surface area contributed by atoms with Crippen LogP contribution in [0.4, 0.5) is 5.69 Å². The second kappa shape index (κ2) is 10.4.